The zero-order valence-corrected chi connectivity index (χ0v) is 12.3. The van der Waals surface area contributed by atoms with Gasteiger partial charge in [0.2, 0.25) is 11.6 Å². The van der Waals surface area contributed by atoms with E-state index in [0.29, 0.717) is 0 Å². The van der Waals surface area contributed by atoms with E-state index < -0.39 is 48.4 Å². The van der Waals surface area contributed by atoms with Gasteiger partial charge in [0.05, 0.1) is 19.8 Å². The summed E-state index contributed by atoms with van der Waals surface area (Å²) in [5.41, 5.74) is 2.17. The number of ether oxygens (including phenoxy) is 2. The smallest absolute Gasteiger partial charge is 0.357 e. The summed E-state index contributed by atoms with van der Waals surface area (Å²) < 4.78 is 9.29. The van der Waals surface area contributed by atoms with Crippen molar-refractivity contribution < 1.29 is 38.9 Å². The van der Waals surface area contributed by atoms with Crippen LogP contribution in [0.15, 0.2) is 0 Å². The molecule has 5 N–H and O–H groups in total. The number of nitrogens with one attached hydrogen (secondary N) is 1. The standard InChI is InChI=1S/C12H20N2O8/c1-3-21-9(16)7(10(17)22-4-2)5-12(20,11(18)19)14-8(15)6-13/h7,20H,3-6,13H2,1-2H3,(H,14,15)(H,18,19). The van der Waals surface area contributed by atoms with E-state index in [2.05, 4.69) is 9.47 Å². The summed E-state index contributed by atoms with van der Waals surface area (Å²) in [5.74, 6) is -6.67. The molecule has 0 aromatic rings. The monoisotopic (exact) mass is 320 g/mol. The maximum atomic E-state index is 11.8. The molecule has 0 spiro atoms. The van der Waals surface area contributed by atoms with E-state index in [1.807, 2.05) is 0 Å². The molecule has 0 rings (SSSR count). The summed E-state index contributed by atoms with van der Waals surface area (Å²) in [6.45, 7) is 2.27. The maximum absolute atomic E-state index is 11.8. The van der Waals surface area contributed by atoms with Crippen LogP contribution in [0.1, 0.15) is 20.3 Å². The van der Waals surface area contributed by atoms with E-state index in [9.17, 15) is 24.3 Å². The van der Waals surface area contributed by atoms with Gasteiger partial charge >= 0.3 is 17.9 Å². The molecule has 0 aliphatic heterocycles. The van der Waals surface area contributed by atoms with Crippen LogP contribution < -0.4 is 11.1 Å². The molecule has 0 heterocycles. The van der Waals surface area contributed by atoms with Gasteiger partial charge < -0.3 is 30.7 Å². The molecule has 0 aromatic carbocycles. The van der Waals surface area contributed by atoms with Crippen molar-refractivity contribution in [2.45, 2.75) is 26.0 Å². The van der Waals surface area contributed by atoms with Gasteiger partial charge in [0.1, 0.15) is 0 Å². The molecule has 126 valence electrons. The number of carboxylic acid groups (broad SMARTS) is 1. The van der Waals surface area contributed by atoms with Crippen molar-refractivity contribution in [1.29, 1.82) is 0 Å². The number of rotatable bonds is 9. The lowest BCUT2D eigenvalue weighted by atomic mass is 9.96. The van der Waals surface area contributed by atoms with Crippen molar-refractivity contribution in [1.82, 2.24) is 5.32 Å². The Morgan fingerprint density at radius 3 is 1.91 bits per heavy atom. The lowest BCUT2D eigenvalue weighted by molar-refractivity contribution is -0.175. The second-order valence-corrected chi connectivity index (χ2v) is 4.18. The number of carbonyl (C=O) groups excluding carboxylic acids is 3. The number of aliphatic hydroxyl groups is 1. The minimum atomic E-state index is -2.86. The normalized spacial score (nSPS) is 13.1. The van der Waals surface area contributed by atoms with Gasteiger partial charge in [-0.1, -0.05) is 0 Å². The highest BCUT2D eigenvalue weighted by Crippen LogP contribution is 2.19. The summed E-state index contributed by atoms with van der Waals surface area (Å²) in [5, 5.41) is 20.8. The van der Waals surface area contributed by atoms with Gasteiger partial charge in [-0.15, -0.1) is 0 Å². The number of carbonyl (C=O) groups is 4. The molecule has 22 heavy (non-hydrogen) atoms. The van der Waals surface area contributed by atoms with Gasteiger partial charge in [-0.05, 0) is 13.8 Å². The van der Waals surface area contributed by atoms with Crippen molar-refractivity contribution in [3.63, 3.8) is 0 Å². The van der Waals surface area contributed by atoms with Crippen LogP contribution in [0.4, 0.5) is 0 Å². The molecule has 0 bridgehead atoms. The van der Waals surface area contributed by atoms with Gasteiger partial charge in [0.25, 0.3) is 0 Å². The number of nitrogens with two attached hydrogens (primary N) is 1. The highest BCUT2D eigenvalue weighted by atomic mass is 16.6. The van der Waals surface area contributed by atoms with Crippen LogP contribution in [0.5, 0.6) is 0 Å². The molecule has 0 saturated heterocycles. The molecule has 0 aliphatic rings. The van der Waals surface area contributed by atoms with Crippen molar-refractivity contribution >= 4 is 23.8 Å². The Balaban J connectivity index is 5.35. The molecule has 0 aliphatic carbocycles. The fourth-order valence-corrected chi connectivity index (χ4v) is 1.52. The molecular weight excluding hydrogens is 300 g/mol. The Hall–Kier alpha value is -2.20. The fraction of sp³-hybridized carbons (Fsp3) is 0.667. The lowest BCUT2D eigenvalue weighted by Gasteiger charge is -2.27. The van der Waals surface area contributed by atoms with Gasteiger partial charge in [0, 0.05) is 6.42 Å². The highest BCUT2D eigenvalue weighted by molar-refractivity contribution is 5.96. The van der Waals surface area contributed by atoms with Crippen LogP contribution in [0.2, 0.25) is 0 Å². The predicted molar refractivity (Wildman–Crippen MR) is 71.2 cm³/mol. The van der Waals surface area contributed by atoms with Crippen LogP contribution in [-0.4, -0.2) is 59.5 Å². The largest absolute Gasteiger partial charge is 0.478 e. The lowest BCUT2D eigenvalue weighted by Crippen LogP contribution is -2.58. The molecule has 0 aromatic heterocycles. The van der Waals surface area contributed by atoms with E-state index in [1.54, 1.807) is 5.32 Å². The minimum Gasteiger partial charge on any atom is -0.478 e. The number of hydrogen-bond acceptors (Lipinski definition) is 8. The number of amides is 1. The first-order valence-corrected chi connectivity index (χ1v) is 6.51. The summed E-state index contributed by atoms with van der Waals surface area (Å²) in [7, 11) is 0. The zero-order chi connectivity index (χ0) is 17.3. The van der Waals surface area contributed by atoms with E-state index >= 15 is 0 Å². The minimum absolute atomic E-state index is 0.0601. The molecule has 10 nitrogen and oxygen atoms in total. The molecule has 1 unspecified atom stereocenters. The Morgan fingerprint density at radius 2 is 1.59 bits per heavy atom. The van der Waals surface area contributed by atoms with Gasteiger partial charge in [-0.25, -0.2) is 4.79 Å². The van der Waals surface area contributed by atoms with Crippen molar-refractivity contribution in [3.05, 3.63) is 0 Å². The molecule has 0 fully saturated rings. The van der Waals surface area contributed by atoms with E-state index in [0.717, 1.165) is 0 Å². The second-order valence-electron chi connectivity index (χ2n) is 4.18. The van der Waals surface area contributed by atoms with Crippen molar-refractivity contribution in [3.8, 4) is 0 Å². The van der Waals surface area contributed by atoms with Crippen molar-refractivity contribution in [2.24, 2.45) is 11.7 Å². The highest BCUT2D eigenvalue weighted by Gasteiger charge is 2.45. The average molecular weight is 320 g/mol. The molecule has 1 amide bonds. The first kappa shape index (κ1) is 19.8. The Kier molecular flexibility index (Phi) is 8.05. The van der Waals surface area contributed by atoms with Crippen LogP contribution >= 0.6 is 0 Å². The second kappa shape index (κ2) is 8.95. The number of hydrogen-bond donors (Lipinski definition) is 4. The van der Waals surface area contributed by atoms with E-state index in [1.165, 1.54) is 13.8 Å². The van der Waals surface area contributed by atoms with E-state index in [-0.39, 0.29) is 13.2 Å². The summed E-state index contributed by atoms with van der Waals surface area (Å²) in [6, 6.07) is 0. The number of aliphatic carboxylic acids is 1. The quantitative estimate of drug-likeness (QED) is 0.213. The van der Waals surface area contributed by atoms with Crippen LogP contribution in [0.3, 0.4) is 0 Å². The number of esters is 2. The van der Waals surface area contributed by atoms with Gasteiger partial charge in [-0.3, -0.25) is 14.4 Å². The molecular formula is C12H20N2O8. The van der Waals surface area contributed by atoms with Crippen molar-refractivity contribution in [2.75, 3.05) is 19.8 Å². The molecule has 0 saturated carbocycles. The topological polar surface area (TPSA) is 165 Å². The third kappa shape index (κ3) is 5.66. The average Bonchev–Trinajstić information content (AvgIpc) is 2.44. The number of carboxylic acids is 1. The van der Waals surface area contributed by atoms with Crippen LogP contribution in [-0.2, 0) is 28.7 Å². The predicted octanol–water partition coefficient (Wildman–Crippen LogP) is -2.03. The molecule has 10 heteroatoms. The molecule has 0 radical (unpaired) electrons. The zero-order valence-electron chi connectivity index (χ0n) is 12.3. The van der Waals surface area contributed by atoms with Crippen LogP contribution in [0.25, 0.3) is 0 Å². The van der Waals surface area contributed by atoms with E-state index in [4.69, 9.17) is 10.8 Å². The summed E-state index contributed by atoms with van der Waals surface area (Å²) in [4.78, 5) is 45.9. The third-order valence-corrected chi connectivity index (χ3v) is 2.53. The SMILES string of the molecule is CCOC(=O)C(CC(O)(NC(=O)CN)C(=O)O)C(=O)OCC. The van der Waals surface area contributed by atoms with Gasteiger partial charge in [0.15, 0.2) is 5.92 Å². The first-order valence-electron chi connectivity index (χ1n) is 6.51. The summed E-state index contributed by atoms with van der Waals surface area (Å²) in [6.07, 6.45) is -0.953. The Labute approximate surface area is 126 Å². The third-order valence-electron chi connectivity index (χ3n) is 2.53. The molecule has 1 atom stereocenters. The maximum Gasteiger partial charge on any atom is 0.357 e. The first-order chi connectivity index (χ1) is 10.2. The van der Waals surface area contributed by atoms with Crippen LogP contribution in [0, 0.1) is 5.92 Å². The van der Waals surface area contributed by atoms with Gasteiger partial charge in [-0.2, -0.15) is 0 Å². The Morgan fingerprint density at radius 1 is 1.14 bits per heavy atom. The summed E-state index contributed by atoms with van der Waals surface area (Å²) >= 11 is 0. The fourth-order valence-electron chi connectivity index (χ4n) is 1.52. The Bertz CT molecular complexity index is 421.